The fourth-order valence-corrected chi connectivity index (χ4v) is 3.92. The molecule has 0 spiro atoms. The number of ether oxygens (including phenoxy) is 2. The van der Waals surface area contributed by atoms with Crippen molar-refractivity contribution in [2.75, 3.05) is 18.7 Å². The highest BCUT2D eigenvalue weighted by Gasteiger charge is 2.20. The summed E-state index contributed by atoms with van der Waals surface area (Å²) in [6.07, 6.45) is 0. The maximum absolute atomic E-state index is 12.5. The van der Waals surface area contributed by atoms with E-state index in [2.05, 4.69) is 53.3 Å². The van der Waals surface area contributed by atoms with Crippen LogP contribution in [0.2, 0.25) is 0 Å². The molecule has 6 heteroatoms. The molecule has 5 nitrogen and oxygen atoms in total. The van der Waals surface area contributed by atoms with Gasteiger partial charge in [-0.05, 0) is 30.5 Å². The summed E-state index contributed by atoms with van der Waals surface area (Å²) in [6, 6.07) is 18.2. The average Bonchev–Trinajstić information content (AvgIpc) is 3.35. The molecular formula is C21H21N2O3S+. The molecule has 0 aliphatic carbocycles. The van der Waals surface area contributed by atoms with Crippen molar-refractivity contribution < 1.29 is 19.6 Å². The van der Waals surface area contributed by atoms with Crippen LogP contribution in [-0.2, 0) is 4.79 Å². The topological polar surface area (TPSA) is 64.2 Å². The van der Waals surface area contributed by atoms with Crippen LogP contribution in [-0.4, -0.2) is 19.2 Å². The number of rotatable bonds is 6. The lowest BCUT2D eigenvalue weighted by molar-refractivity contribution is -0.675. The Balaban J connectivity index is 1.43. The fourth-order valence-electron chi connectivity index (χ4n) is 3.07. The largest absolute Gasteiger partial charge is 0.454 e. The number of thiophene rings is 1. The van der Waals surface area contributed by atoms with Crippen molar-refractivity contribution in [2.24, 2.45) is 0 Å². The molecule has 0 radical (unpaired) electrons. The van der Waals surface area contributed by atoms with Gasteiger partial charge in [-0.3, -0.25) is 4.79 Å². The van der Waals surface area contributed by atoms with E-state index in [-0.39, 0.29) is 18.7 Å². The summed E-state index contributed by atoms with van der Waals surface area (Å²) >= 11 is 1.71. The molecule has 1 aliphatic rings. The predicted molar refractivity (Wildman–Crippen MR) is 105 cm³/mol. The summed E-state index contributed by atoms with van der Waals surface area (Å²) in [5.41, 5.74) is 3.13. The van der Waals surface area contributed by atoms with Crippen molar-refractivity contribution in [3.63, 3.8) is 0 Å². The number of benzene rings is 2. The maximum Gasteiger partial charge on any atom is 0.279 e. The third-order valence-electron chi connectivity index (χ3n) is 4.48. The van der Waals surface area contributed by atoms with Crippen molar-refractivity contribution in [3.05, 3.63) is 76.0 Å². The van der Waals surface area contributed by atoms with Gasteiger partial charge >= 0.3 is 0 Å². The van der Waals surface area contributed by atoms with Crippen LogP contribution >= 0.6 is 11.3 Å². The van der Waals surface area contributed by atoms with Crippen molar-refractivity contribution in [2.45, 2.75) is 13.0 Å². The van der Waals surface area contributed by atoms with Crippen molar-refractivity contribution >= 4 is 22.9 Å². The molecule has 3 N–H and O–H groups in total. The third kappa shape index (κ3) is 4.13. The summed E-state index contributed by atoms with van der Waals surface area (Å²) in [5, 5.41) is 7.07. The van der Waals surface area contributed by atoms with Gasteiger partial charge in [0.25, 0.3) is 5.91 Å². The van der Waals surface area contributed by atoms with Crippen LogP contribution in [0.3, 0.4) is 0 Å². The van der Waals surface area contributed by atoms with E-state index in [4.69, 9.17) is 9.47 Å². The monoisotopic (exact) mass is 381 g/mol. The van der Waals surface area contributed by atoms with E-state index in [1.165, 1.54) is 16.0 Å². The van der Waals surface area contributed by atoms with Gasteiger partial charge in [0.2, 0.25) is 6.79 Å². The molecule has 0 fully saturated rings. The standard InChI is InChI=1S/C21H20N2O3S/c1-14-4-6-15(7-5-14)21(19-3-2-10-27-19)22-12-20(24)23-16-8-9-17-18(11-16)26-13-25-17/h2-11,21-22H,12-13H2,1H3,(H,23,24)/p+1/t21-/m1/s1. The molecule has 2 aromatic carbocycles. The van der Waals surface area contributed by atoms with Crippen molar-refractivity contribution in [1.82, 2.24) is 0 Å². The first-order valence-corrected chi connectivity index (χ1v) is 9.70. The van der Waals surface area contributed by atoms with Gasteiger partial charge in [-0.25, -0.2) is 0 Å². The van der Waals surface area contributed by atoms with Gasteiger partial charge in [0.15, 0.2) is 18.0 Å². The summed E-state index contributed by atoms with van der Waals surface area (Å²) in [5.74, 6) is 1.31. The van der Waals surface area contributed by atoms with Gasteiger partial charge in [0, 0.05) is 17.3 Å². The number of carbonyl (C=O) groups is 1. The van der Waals surface area contributed by atoms with Crippen LogP contribution < -0.4 is 20.1 Å². The second kappa shape index (κ2) is 7.82. The van der Waals surface area contributed by atoms with Crippen molar-refractivity contribution in [1.29, 1.82) is 0 Å². The quantitative estimate of drug-likeness (QED) is 0.690. The molecule has 4 rings (SSSR count). The summed E-state index contributed by atoms with van der Waals surface area (Å²) in [7, 11) is 0. The number of hydrogen-bond donors (Lipinski definition) is 2. The Hall–Kier alpha value is -2.83. The number of quaternary nitrogens is 1. The van der Waals surface area contributed by atoms with Crippen LogP contribution in [0.15, 0.2) is 60.0 Å². The molecule has 1 aliphatic heterocycles. The van der Waals surface area contributed by atoms with Crippen molar-refractivity contribution in [3.8, 4) is 11.5 Å². The Kier molecular flexibility index (Phi) is 5.09. The molecule has 1 aromatic heterocycles. The van der Waals surface area contributed by atoms with E-state index in [1.807, 2.05) is 18.2 Å². The number of fused-ring (bicyclic) bond motifs is 1. The first-order chi connectivity index (χ1) is 13.2. The number of nitrogens with two attached hydrogens (primary N) is 1. The SMILES string of the molecule is Cc1ccc([C@@H]([NH2+]CC(=O)Nc2ccc3c(c2)OCO3)c2cccs2)cc1. The lowest BCUT2D eigenvalue weighted by Crippen LogP contribution is -2.87. The van der Waals surface area contributed by atoms with Gasteiger partial charge < -0.3 is 20.1 Å². The Morgan fingerprint density at radius 3 is 2.74 bits per heavy atom. The zero-order valence-corrected chi connectivity index (χ0v) is 15.8. The Bertz CT molecular complexity index is 923. The highest BCUT2D eigenvalue weighted by molar-refractivity contribution is 7.10. The summed E-state index contributed by atoms with van der Waals surface area (Å²) in [6.45, 7) is 2.62. The molecular weight excluding hydrogens is 360 g/mol. The number of anilines is 1. The van der Waals surface area contributed by atoms with Gasteiger partial charge in [-0.1, -0.05) is 35.9 Å². The second-order valence-corrected chi connectivity index (χ2v) is 7.44. The molecule has 1 amide bonds. The Labute approximate surface area is 161 Å². The van der Waals surface area contributed by atoms with Crippen LogP contribution in [0.1, 0.15) is 22.0 Å². The maximum atomic E-state index is 12.5. The van der Waals surface area contributed by atoms with Crippen LogP contribution in [0.25, 0.3) is 0 Å². The minimum Gasteiger partial charge on any atom is -0.454 e. The number of hydrogen-bond acceptors (Lipinski definition) is 4. The van der Waals surface area contributed by atoms with E-state index in [0.29, 0.717) is 23.7 Å². The molecule has 27 heavy (non-hydrogen) atoms. The van der Waals surface area contributed by atoms with Gasteiger partial charge in [-0.15, -0.1) is 11.3 Å². The molecule has 2 heterocycles. The smallest absolute Gasteiger partial charge is 0.279 e. The van der Waals surface area contributed by atoms with Gasteiger partial charge in [-0.2, -0.15) is 0 Å². The molecule has 1 atom stereocenters. The van der Waals surface area contributed by atoms with Crippen LogP contribution in [0.4, 0.5) is 5.69 Å². The third-order valence-corrected chi connectivity index (χ3v) is 5.44. The zero-order chi connectivity index (χ0) is 18.6. The Morgan fingerprint density at radius 2 is 1.96 bits per heavy atom. The fraction of sp³-hybridized carbons (Fsp3) is 0.190. The van der Waals surface area contributed by atoms with Gasteiger partial charge in [0.1, 0.15) is 6.04 Å². The van der Waals surface area contributed by atoms with E-state index in [0.717, 1.165) is 0 Å². The number of carbonyl (C=O) groups excluding carboxylic acids is 1. The summed E-state index contributed by atoms with van der Waals surface area (Å²) in [4.78, 5) is 13.7. The van der Waals surface area contributed by atoms with E-state index >= 15 is 0 Å². The lowest BCUT2D eigenvalue weighted by atomic mass is 10.0. The Morgan fingerprint density at radius 1 is 1.15 bits per heavy atom. The highest BCUT2D eigenvalue weighted by Crippen LogP contribution is 2.34. The van der Waals surface area contributed by atoms with E-state index < -0.39 is 0 Å². The highest BCUT2D eigenvalue weighted by atomic mass is 32.1. The van der Waals surface area contributed by atoms with E-state index in [1.54, 1.807) is 17.4 Å². The van der Waals surface area contributed by atoms with Crippen LogP contribution in [0, 0.1) is 6.92 Å². The van der Waals surface area contributed by atoms with Crippen LogP contribution in [0.5, 0.6) is 11.5 Å². The minimum atomic E-state index is -0.0532. The minimum absolute atomic E-state index is 0.0532. The molecule has 138 valence electrons. The molecule has 0 unspecified atom stereocenters. The second-order valence-electron chi connectivity index (χ2n) is 6.46. The normalized spacial score (nSPS) is 13.4. The number of amides is 1. The number of aryl methyl sites for hydroxylation is 1. The zero-order valence-electron chi connectivity index (χ0n) is 15.0. The first kappa shape index (κ1) is 17.6. The molecule has 0 saturated carbocycles. The van der Waals surface area contributed by atoms with Gasteiger partial charge in [0.05, 0.1) is 4.88 Å². The predicted octanol–water partition coefficient (Wildman–Crippen LogP) is 3.08. The first-order valence-electron chi connectivity index (χ1n) is 8.82. The summed E-state index contributed by atoms with van der Waals surface area (Å²) < 4.78 is 10.7. The molecule has 0 bridgehead atoms. The lowest BCUT2D eigenvalue weighted by Gasteiger charge is -2.15. The molecule has 0 saturated heterocycles. The molecule has 3 aromatic rings. The number of nitrogens with one attached hydrogen (secondary N) is 1. The average molecular weight is 381 g/mol. The van der Waals surface area contributed by atoms with E-state index in [9.17, 15) is 4.79 Å².